The summed E-state index contributed by atoms with van der Waals surface area (Å²) in [5.41, 5.74) is 1.52. The zero-order chi connectivity index (χ0) is 12.4. The van der Waals surface area contributed by atoms with E-state index >= 15 is 0 Å². The number of rotatable bonds is 5. The van der Waals surface area contributed by atoms with Crippen molar-refractivity contribution < 1.29 is 0 Å². The van der Waals surface area contributed by atoms with Crippen LogP contribution in [0.3, 0.4) is 0 Å². The lowest BCUT2D eigenvalue weighted by atomic mass is 10.0. The summed E-state index contributed by atoms with van der Waals surface area (Å²) in [4.78, 5) is 4.00. The van der Waals surface area contributed by atoms with E-state index in [0.717, 1.165) is 19.1 Å². The van der Waals surface area contributed by atoms with Crippen LogP contribution < -0.4 is 0 Å². The molecule has 1 saturated carbocycles. The largest absolute Gasteiger partial charge is 0.299 e. The molecule has 1 unspecified atom stereocenters. The third kappa shape index (κ3) is 2.55. The van der Waals surface area contributed by atoms with Gasteiger partial charge < -0.3 is 0 Å². The minimum absolute atomic E-state index is 0.658. The first-order valence-corrected chi connectivity index (χ1v) is 7.70. The van der Waals surface area contributed by atoms with Gasteiger partial charge in [0, 0.05) is 42.1 Å². The molecule has 1 fully saturated rings. The molecule has 2 aliphatic rings. The van der Waals surface area contributed by atoms with Gasteiger partial charge in [0.1, 0.15) is 0 Å². The number of nitrogens with zero attached hydrogens (tertiary/aromatic N) is 2. The molecule has 1 aliphatic heterocycles. The second kappa shape index (κ2) is 5.34. The first-order chi connectivity index (χ1) is 8.88. The summed E-state index contributed by atoms with van der Waals surface area (Å²) in [5, 5.41) is 8.76. The van der Waals surface area contributed by atoms with E-state index in [4.69, 9.17) is 5.26 Å². The van der Waals surface area contributed by atoms with Gasteiger partial charge in [0.25, 0.3) is 0 Å². The van der Waals surface area contributed by atoms with Crippen molar-refractivity contribution in [3.8, 4) is 6.07 Å². The highest BCUT2D eigenvalue weighted by atomic mass is 32.2. The van der Waals surface area contributed by atoms with Crippen LogP contribution in [0.4, 0.5) is 0 Å². The van der Waals surface area contributed by atoms with Crippen LogP contribution in [0, 0.1) is 11.3 Å². The maximum absolute atomic E-state index is 8.76. The normalized spacial score (nSPS) is 21.9. The van der Waals surface area contributed by atoms with Crippen LogP contribution in [0.25, 0.3) is 0 Å². The molecule has 2 nitrogen and oxygen atoms in total. The Morgan fingerprint density at radius 2 is 2.17 bits per heavy atom. The van der Waals surface area contributed by atoms with Crippen molar-refractivity contribution in [3.63, 3.8) is 0 Å². The fourth-order valence-electron chi connectivity index (χ4n) is 2.72. The van der Waals surface area contributed by atoms with Crippen molar-refractivity contribution in [1.29, 1.82) is 5.26 Å². The molecule has 0 spiro atoms. The molecule has 18 heavy (non-hydrogen) atoms. The molecule has 3 rings (SSSR count). The van der Waals surface area contributed by atoms with Gasteiger partial charge >= 0.3 is 0 Å². The number of fused-ring (bicyclic) bond motifs is 1. The number of benzene rings is 1. The van der Waals surface area contributed by atoms with E-state index in [2.05, 4.69) is 35.2 Å². The molecule has 0 N–H and O–H groups in total. The van der Waals surface area contributed by atoms with Crippen molar-refractivity contribution in [2.75, 3.05) is 18.8 Å². The van der Waals surface area contributed by atoms with Crippen molar-refractivity contribution in [1.82, 2.24) is 4.90 Å². The van der Waals surface area contributed by atoms with Gasteiger partial charge in [-0.05, 0) is 24.5 Å². The summed E-state index contributed by atoms with van der Waals surface area (Å²) in [7, 11) is 0. The first kappa shape index (κ1) is 12.1. The summed E-state index contributed by atoms with van der Waals surface area (Å²) in [6.45, 7) is 2.08. The summed E-state index contributed by atoms with van der Waals surface area (Å²) >= 11 is 1.98. The zero-order valence-electron chi connectivity index (χ0n) is 10.5. The molecule has 0 bridgehead atoms. The van der Waals surface area contributed by atoms with E-state index in [9.17, 15) is 0 Å². The summed E-state index contributed by atoms with van der Waals surface area (Å²) in [5.74, 6) is 1.86. The zero-order valence-corrected chi connectivity index (χ0v) is 11.3. The van der Waals surface area contributed by atoms with Gasteiger partial charge in [0.05, 0.1) is 6.07 Å². The molecule has 1 aliphatic carbocycles. The van der Waals surface area contributed by atoms with E-state index in [1.807, 2.05) is 11.8 Å². The summed E-state index contributed by atoms with van der Waals surface area (Å²) < 4.78 is 0. The molecule has 0 saturated heterocycles. The van der Waals surface area contributed by atoms with Gasteiger partial charge in [-0.2, -0.15) is 5.26 Å². The third-order valence-electron chi connectivity index (χ3n) is 3.83. The predicted molar refractivity (Wildman–Crippen MR) is 74.7 cm³/mol. The van der Waals surface area contributed by atoms with Gasteiger partial charge in [0.2, 0.25) is 0 Å². The fraction of sp³-hybridized carbons (Fsp3) is 0.533. The molecular formula is C15H18N2S. The molecule has 94 valence electrons. The van der Waals surface area contributed by atoms with Crippen LogP contribution >= 0.6 is 11.8 Å². The van der Waals surface area contributed by atoms with Gasteiger partial charge in [-0.3, -0.25) is 4.90 Å². The second-order valence-electron chi connectivity index (χ2n) is 5.18. The summed E-state index contributed by atoms with van der Waals surface area (Å²) in [6.07, 6.45) is 3.32. The molecule has 1 heterocycles. The average molecular weight is 258 g/mol. The van der Waals surface area contributed by atoms with Crippen LogP contribution in [0.2, 0.25) is 0 Å². The van der Waals surface area contributed by atoms with Crippen LogP contribution in [0.1, 0.15) is 30.7 Å². The number of thioether (sulfide) groups is 1. The van der Waals surface area contributed by atoms with E-state index in [1.54, 1.807) is 0 Å². The average Bonchev–Trinajstić information content (AvgIpc) is 3.17. The minimum Gasteiger partial charge on any atom is -0.299 e. The highest BCUT2D eigenvalue weighted by Gasteiger charge is 2.32. The van der Waals surface area contributed by atoms with Gasteiger partial charge in [-0.25, -0.2) is 0 Å². The van der Waals surface area contributed by atoms with Crippen molar-refractivity contribution in [3.05, 3.63) is 29.8 Å². The Morgan fingerprint density at radius 3 is 2.94 bits per heavy atom. The molecule has 3 heteroatoms. The Balaban J connectivity index is 1.67. The molecule has 0 amide bonds. The van der Waals surface area contributed by atoms with Gasteiger partial charge in [-0.15, -0.1) is 11.8 Å². The molecule has 0 radical (unpaired) electrons. The Labute approximate surface area is 113 Å². The quantitative estimate of drug-likeness (QED) is 0.811. The third-order valence-corrected chi connectivity index (χ3v) is 5.08. The lowest BCUT2D eigenvalue weighted by Gasteiger charge is -2.24. The maximum Gasteiger partial charge on any atom is 0.0635 e. The summed E-state index contributed by atoms with van der Waals surface area (Å²) in [6, 6.07) is 11.8. The van der Waals surface area contributed by atoms with Crippen LogP contribution in [0.15, 0.2) is 29.2 Å². The van der Waals surface area contributed by atoms with E-state index in [-0.39, 0.29) is 0 Å². The molecule has 1 atom stereocenters. The fourth-order valence-corrected chi connectivity index (χ4v) is 3.96. The second-order valence-corrected chi connectivity index (χ2v) is 6.24. The standard InChI is InChI=1S/C15H18N2S/c16-8-3-9-17(13-6-7-13)10-12-11-18-15-5-2-1-4-14(12)15/h1-2,4-5,12-13H,3,6-7,9-11H2. The molecule has 1 aromatic rings. The van der Waals surface area contributed by atoms with Crippen LogP contribution in [0.5, 0.6) is 0 Å². The van der Waals surface area contributed by atoms with Crippen molar-refractivity contribution in [2.24, 2.45) is 0 Å². The highest BCUT2D eigenvalue weighted by Crippen LogP contribution is 2.40. The van der Waals surface area contributed by atoms with E-state index in [0.29, 0.717) is 12.3 Å². The van der Waals surface area contributed by atoms with Gasteiger partial charge in [0.15, 0.2) is 0 Å². The number of nitriles is 1. The van der Waals surface area contributed by atoms with Crippen LogP contribution in [-0.4, -0.2) is 29.8 Å². The highest BCUT2D eigenvalue weighted by molar-refractivity contribution is 7.99. The monoisotopic (exact) mass is 258 g/mol. The molecule has 0 aromatic heterocycles. The molecular weight excluding hydrogens is 240 g/mol. The Kier molecular flexibility index (Phi) is 3.58. The Bertz CT molecular complexity index is 462. The van der Waals surface area contributed by atoms with E-state index in [1.165, 1.54) is 29.1 Å². The first-order valence-electron chi connectivity index (χ1n) is 6.71. The Hall–Kier alpha value is -0.980. The molecule has 1 aromatic carbocycles. The number of hydrogen-bond acceptors (Lipinski definition) is 3. The lowest BCUT2D eigenvalue weighted by molar-refractivity contribution is 0.257. The Morgan fingerprint density at radius 1 is 1.33 bits per heavy atom. The van der Waals surface area contributed by atoms with E-state index < -0.39 is 0 Å². The lowest BCUT2D eigenvalue weighted by Crippen LogP contribution is -2.31. The van der Waals surface area contributed by atoms with Gasteiger partial charge in [-0.1, -0.05) is 18.2 Å². The SMILES string of the molecule is N#CCCN(CC1CSc2ccccc21)C1CC1. The predicted octanol–water partition coefficient (Wildman–Crippen LogP) is 3.25. The smallest absolute Gasteiger partial charge is 0.0635 e. The topological polar surface area (TPSA) is 27.0 Å². The van der Waals surface area contributed by atoms with Crippen molar-refractivity contribution in [2.45, 2.75) is 36.1 Å². The maximum atomic E-state index is 8.76. The van der Waals surface area contributed by atoms with Crippen LogP contribution in [-0.2, 0) is 0 Å². The minimum atomic E-state index is 0.658. The van der Waals surface area contributed by atoms with Crippen molar-refractivity contribution >= 4 is 11.8 Å². The number of hydrogen-bond donors (Lipinski definition) is 0.